The van der Waals surface area contributed by atoms with Gasteiger partial charge in [0.15, 0.2) is 18.1 Å². The van der Waals surface area contributed by atoms with E-state index < -0.39 is 0 Å². The number of para-hydroxylation sites is 2. The van der Waals surface area contributed by atoms with E-state index in [-0.39, 0.29) is 24.9 Å². The summed E-state index contributed by atoms with van der Waals surface area (Å²) in [6, 6.07) is 17.4. The summed E-state index contributed by atoms with van der Waals surface area (Å²) in [6.45, 7) is 3.19. The third kappa shape index (κ3) is 7.12. The predicted molar refractivity (Wildman–Crippen MR) is 109 cm³/mol. The molecule has 1 aliphatic rings. The Morgan fingerprint density at radius 1 is 1.04 bits per heavy atom. The number of halogens is 1. The van der Waals surface area contributed by atoms with Crippen LogP contribution in [-0.2, 0) is 11.4 Å². The highest BCUT2D eigenvalue weighted by molar-refractivity contribution is 5.85. The predicted octanol–water partition coefficient (Wildman–Crippen LogP) is 3.18. The van der Waals surface area contributed by atoms with E-state index in [4.69, 9.17) is 9.47 Å². The summed E-state index contributed by atoms with van der Waals surface area (Å²) in [6.07, 6.45) is 2.33. The van der Waals surface area contributed by atoms with Crippen molar-refractivity contribution in [2.45, 2.75) is 19.4 Å². The number of benzene rings is 2. The van der Waals surface area contributed by atoms with Crippen molar-refractivity contribution in [3.63, 3.8) is 0 Å². The lowest BCUT2D eigenvalue weighted by Crippen LogP contribution is -2.39. The number of amides is 1. The van der Waals surface area contributed by atoms with Crippen molar-refractivity contribution in [3.05, 3.63) is 60.2 Å². The molecule has 0 spiro atoms. The van der Waals surface area contributed by atoms with Gasteiger partial charge in [-0.1, -0.05) is 42.5 Å². The van der Waals surface area contributed by atoms with Crippen LogP contribution in [0.5, 0.6) is 11.5 Å². The SMILES string of the molecule is Cl.O=C(COc1ccccc1OCc1ccccc1)NCC1CCCNC1. The van der Waals surface area contributed by atoms with E-state index in [1.165, 1.54) is 6.42 Å². The molecule has 3 rings (SSSR count). The Labute approximate surface area is 166 Å². The Bertz CT molecular complexity index is 691. The number of nitrogens with one attached hydrogen (secondary N) is 2. The van der Waals surface area contributed by atoms with Crippen LogP contribution in [0.4, 0.5) is 0 Å². The molecular formula is C21H27ClN2O3. The van der Waals surface area contributed by atoms with Gasteiger partial charge in [-0.25, -0.2) is 0 Å². The van der Waals surface area contributed by atoms with Crippen molar-refractivity contribution in [2.24, 2.45) is 5.92 Å². The lowest BCUT2D eigenvalue weighted by atomic mass is 10.00. The van der Waals surface area contributed by atoms with Gasteiger partial charge in [-0.3, -0.25) is 4.79 Å². The molecule has 0 saturated carbocycles. The van der Waals surface area contributed by atoms with Gasteiger partial charge in [-0.05, 0) is 49.5 Å². The van der Waals surface area contributed by atoms with Crippen molar-refractivity contribution < 1.29 is 14.3 Å². The Kier molecular flexibility index (Phi) is 8.95. The quantitative estimate of drug-likeness (QED) is 0.726. The third-order valence-electron chi connectivity index (χ3n) is 4.43. The fourth-order valence-corrected chi connectivity index (χ4v) is 2.97. The largest absolute Gasteiger partial charge is 0.485 e. The number of hydrogen-bond acceptors (Lipinski definition) is 4. The number of carbonyl (C=O) groups is 1. The molecule has 1 amide bonds. The van der Waals surface area contributed by atoms with Crippen LogP contribution >= 0.6 is 12.4 Å². The van der Waals surface area contributed by atoms with Crippen LogP contribution in [0, 0.1) is 5.92 Å². The number of piperidine rings is 1. The minimum Gasteiger partial charge on any atom is -0.485 e. The van der Waals surface area contributed by atoms with Crippen molar-refractivity contribution >= 4 is 18.3 Å². The molecule has 27 heavy (non-hydrogen) atoms. The Hall–Kier alpha value is -2.24. The van der Waals surface area contributed by atoms with E-state index in [0.717, 1.165) is 25.1 Å². The van der Waals surface area contributed by atoms with Crippen LogP contribution in [0.1, 0.15) is 18.4 Å². The van der Waals surface area contributed by atoms with E-state index in [0.29, 0.717) is 30.6 Å². The number of ether oxygens (including phenoxy) is 2. The van der Waals surface area contributed by atoms with Crippen LogP contribution in [0.25, 0.3) is 0 Å². The van der Waals surface area contributed by atoms with E-state index in [1.807, 2.05) is 54.6 Å². The molecule has 2 aromatic rings. The first-order valence-corrected chi connectivity index (χ1v) is 9.17. The van der Waals surface area contributed by atoms with Crippen LogP contribution < -0.4 is 20.1 Å². The Balaban J connectivity index is 0.00000261. The Morgan fingerprint density at radius 2 is 1.74 bits per heavy atom. The fraction of sp³-hybridized carbons (Fsp3) is 0.381. The molecule has 6 heteroatoms. The summed E-state index contributed by atoms with van der Waals surface area (Å²) < 4.78 is 11.5. The van der Waals surface area contributed by atoms with Crippen LogP contribution in [0.2, 0.25) is 0 Å². The zero-order valence-electron chi connectivity index (χ0n) is 15.4. The van der Waals surface area contributed by atoms with E-state index in [2.05, 4.69) is 10.6 Å². The van der Waals surface area contributed by atoms with Crippen molar-refractivity contribution in [3.8, 4) is 11.5 Å². The Morgan fingerprint density at radius 3 is 2.44 bits per heavy atom. The lowest BCUT2D eigenvalue weighted by molar-refractivity contribution is -0.123. The lowest BCUT2D eigenvalue weighted by Gasteiger charge is -2.22. The second-order valence-corrected chi connectivity index (χ2v) is 6.53. The number of hydrogen-bond donors (Lipinski definition) is 2. The van der Waals surface area contributed by atoms with Gasteiger partial charge < -0.3 is 20.1 Å². The van der Waals surface area contributed by atoms with Crippen molar-refractivity contribution in [1.29, 1.82) is 0 Å². The molecule has 5 nitrogen and oxygen atoms in total. The molecule has 0 radical (unpaired) electrons. The summed E-state index contributed by atoms with van der Waals surface area (Å²) in [5.41, 5.74) is 1.08. The van der Waals surface area contributed by atoms with Gasteiger partial charge in [-0.15, -0.1) is 12.4 Å². The molecule has 1 unspecified atom stereocenters. The van der Waals surface area contributed by atoms with Crippen LogP contribution in [-0.4, -0.2) is 32.1 Å². The average Bonchev–Trinajstić information content (AvgIpc) is 2.71. The van der Waals surface area contributed by atoms with Crippen LogP contribution in [0.15, 0.2) is 54.6 Å². The molecule has 146 valence electrons. The first-order chi connectivity index (χ1) is 12.8. The summed E-state index contributed by atoms with van der Waals surface area (Å²) in [5.74, 6) is 1.63. The maximum atomic E-state index is 12.1. The van der Waals surface area contributed by atoms with Gasteiger partial charge >= 0.3 is 0 Å². The first-order valence-electron chi connectivity index (χ1n) is 9.17. The number of carbonyl (C=O) groups excluding carboxylic acids is 1. The zero-order valence-corrected chi connectivity index (χ0v) is 16.2. The van der Waals surface area contributed by atoms with Crippen LogP contribution in [0.3, 0.4) is 0 Å². The molecule has 0 aromatic heterocycles. The normalized spacial score (nSPS) is 16.1. The molecule has 1 saturated heterocycles. The second-order valence-electron chi connectivity index (χ2n) is 6.53. The maximum Gasteiger partial charge on any atom is 0.257 e. The van der Waals surface area contributed by atoms with E-state index in [1.54, 1.807) is 0 Å². The summed E-state index contributed by atoms with van der Waals surface area (Å²) >= 11 is 0. The zero-order chi connectivity index (χ0) is 18.0. The average molecular weight is 391 g/mol. The van der Waals surface area contributed by atoms with Gasteiger partial charge in [0, 0.05) is 6.54 Å². The highest BCUT2D eigenvalue weighted by atomic mass is 35.5. The number of rotatable bonds is 8. The molecule has 1 aliphatic heterocycles. The van der Waals surface area contributed by atoms with E-state index >= 15 is 0 Å². The van der Waals surface area contributed by atoms with Gasteiger partial charge in [0.05, 0.1) is 0 Å². The summed E-state index contributed by atoms with van der Waals surface area (Å²) in [4.78, 5) is 12.1. The second kappa shape index (κ2) is 11.5. The molecule has 0 bridgehead atoms. The molecule has 2 aromatic carbocycles. The molecule has 1 atom stereocenters. The first kappa shape index (κ1) is 21.1. The fourth-order valence-electron chi connectivity index (χ4n) is 2.97. The standard InChI is InChI=1S/C21H26N2O3.ClH/c24-21(23-14-18-9-6-12-22-13-18)16-26-20-11-5-4-10-19(20)25-15-17-7-2-1-3-8-17;/h1-5,7-8,10-11,18,22H,6,9,12-16H2,(H,23,24);1H. The minimum absolute atomic E-state index is 0. The van der Waals surface area contributed by atoms with Gasteiger partial charge in [-0.2, -0.15) is 0 Å². The maximum absolute atomic E-state index is 12.1. The van der Waals surface area contributed by atoms with Gasteiger partial charge in [0.1, 0.15) is 6.61 Å². The molecule has 1 fully saturated rings. The molecule has 1 heterocycles. The van der Waals surface area contributed by atoms with Crippen molar-refractivity contribution in [2.75, 3.05) is 26.2 Å². The summed E-state index contributed by atoms with van der Waals surface area (Å²) in [7, 11) is 0. The molecule has 0 aliphatic carbocycles. The van der Waals surface area contributed by atoms with E-state index in [9.17, 15) is 4.79 Å². The minimum atomic E-state index is -0.103. The van der Waals surface area contributed by atoms with Gasteiger partial charge in [0.2, 0.25) is 0 Å². The summed E-state index contributed by atoms with van der Waals surface area (Å²) in [5, 5.41) is 6.31. The van der Waals surface area contributed by atoms with Crippen molar-refractivity contribution in [1.82, 2.24) is 10.6 Å². The third-order valence-corrected chi connectivity index (χ3v) is 4.43. The molecule has 2 N–H and O–H groups in total. The topological polar surface area (TPSA) is 59.6 Å². The highest BCUT2D eigenvalue weighted by Crippen LogP contribution is 2.27. The van der Waals surface area contributed by atoms with Gasteiger partial charge in [0.25, 0.3) is 5.91 Å². The molecular weight excluding hydrogens is 364 g/mol. The monoisotopic (exact) mass is 390 g/mol. The smallest absolute Gasteiger partial charge is 0.257 e. The highest BCUT2D eigenvalue weighted by Gasteiger charge is 2.14.